The lowest BCUT2D eigenvalue weighted by Gasteiger charge is -2.08. The van der Waals surface area contributed by atoms with Gasteiger partial charge in [0.1, 0.15) is 5.75 Å². The van der Waals surface area contributed by atoms with Gasteiger partial charge < -0.3 is 5.32 Å². The normalized spacial score (nSPS) is 13.1. The Kier molecular flexibility index (Phi) is 7.56. The highest BCUT2D eigenvalue weighted by Gasteiger charge is 2.47. The zero-order chi connectivity index (χ0) is 27.1. The van der Waals surface area contributed by atoms with Gasteiger partial charge in [0.15, 0.2) is 5.13 Å². The molecule has 196 valence electrons. The molecule has 8 nitrogen and oxygen atoms in total. The number of carbonyl (C=O) groups excluding carboxylic acids is 1. The number of anilines is 1. The first-order valence-electron chi connectivity index (χ1n) is 9.32. The molecule has 18 heteroatoms. The van der Waals surface area contributed by atoms with Gasteiger partial charge in [-0.25, -0.2) is 26.8 Å². The van der Waals surface area contributed by atoms with Crippen LogP contribution in [0.1, 0.15) is 16.3 Å². The van der Waals surface area contributed by atoms with E-state index in [1.807, 2.05) is 0 Å². The molecule has 2 aromatic heterocycles. The maximum Gasteiger partial charge on any atom is 0.501 e. The van der Waals surface area contributed by atoms with Crippen LogP contribution in [0.2, 0.25) is 0 Å². The van der Waals surface area contributed by atoms with Gasteiger partial charge in [-0.1, -0.05) is 12.1 Å². The molecule has 0 bridgehead atoms. The fourth-order valence-corrected chi connectivity index (χ4v) is 6.01. The molecular weight excluding hydrogens is 580 g/mol. The number of nitrogens with zero attached hydrogens (tertiary/aromatic N) is 2. The summed E-state index contributed by atoms with van der Waals surface area (Å²) in [6, 6.07) is 3.52. The molecule has 3 rings (SSSR count). The lowest BCUT2D eigenvalue weighted by Crippen LogP contribution is -2.25. The number of nitrogens with one attached hydrogen (secondary N) is 1. The van der Waals surface area contributed by atoms with Crippen molar-refractivity contribution in [1.82, 2.24) is 9.97 Å². The number of carbonyl (C=O) groups is 1. The summed E-state index contributed by atoms with van der Waals surface area (Å²) >= 11 is 1.81. The van der Waals surface area contributed by atoms with E-state index in [-0.39, 0.29) is 33.4 Å². The van der Waals surface area contributed by atoms with Crippen LogP contribution in [-0.4, -0.2) is 43.7 Å². The molecule has 0 aliphatic heterocycles. The van der Waals surface area contributed by atoms with Gasteiger partial charge in [-0.15, -0.1) is 22.7 Å². The minimum atomic E-state index is -5.53. The maximum atomic E-state index is 12.8. The fraction of sp³-hybridized carbons (Fsp3) is 0.278. The third-order valence-corrected chi connectivity index (χ3v) is 9.02. The first-order valence-corrected chi connectivity index (χ1v) is 14.2. The van der Waals surface area contributed by atoms with Crippen molar-refractivity contribution < 1.29 is 48.0 Å². The van der Waals surface area contributed by atoms with Crippen molar-refractivity contribution in [3.63, 3.8) is 0 Å². The van der Waals surface area contributed by atoms with Crippen LogP contribution in [-0.2, 0) is 36.6 Å². The predicted molar refractivity (Wildman–Crippen MR) is 119 cm³/mol. The first kappa shape index (κ1) is 28.0. The van der Waals surface area contributed by atoms with Crippen molar-refractivity contribution in [1.29, 1.82) is 0 Å². The van der Waals surface area contributed by atoms with Crippen LogP contribution in [0.3, 0.4) is 0 Å². The summed E-state index contributed by atoms with van der Waals surface area (Å²) in [5, 5.41) is 4.10. The number of aryl methyl sites for hydroxylation is 1. The molecule has 1 aromatic carbocycles. The quantitative estimate of drug-likeness (QED) is 0.401. The van der Waals surface area contributed by atoms with E-state index in [0.717, 1.165) is 46.9 Å². The summed E-state index contributed by atoms with van der Waals surface area (Å²) in [7, 11) is -11.0. The molecule has 0 unspecified atom stereocenters. The lowest BCUT2D eigenvalue weighted by atomic mass is 10.1. The molecule has 0 saturated carbocycles. The average molecular weight is 594 g/mol. The summed E-state index contributed by atoms with van der Waals surface area (Å²) in [4.78, 5) is 19.3. The van der Waals surface area contributed by atoms with E-state index in [1.165, 1.54) is 12.3 Å². The Bertz CT molecular complexity index is 1490. The molecule has 1 N–H and O–H groups in total. The van der Waals surface area contributed by atoms with Gasteiger partial charge in [-0.2, -0.15) is 26.3 Å². The van der Waals surface area contributed by atoms with Crippen LogP contribution in [0, 0.1) is 6.92 Å². The maximum absolute atomic E-state index is 12.8. The summed E-state index contributed by atoms with van der Waals surface area (Å²) in [5.74, 6) is -2.04. The lowest BCUT2D eigenvalue weighted by molar-refractivity contribution is -0.115. The van der Waals surface area contributed by atoms with Gasteiger partial charge in [-0.05, 0) is 24.6 Å². The summed E-state index contributed by atoms with van der Waals surface area (Å²) in [5.41, 5.74) is -11.0. The number of aromatic nitrogens is 2. The zero-order valence-corrected chi connectivity index (χ0v) is 20.9. The number of amides is 1. The average Bonchev–Trinajstić information content (AvgIpc) is 3.32. The molecule has 3 aromatic rings. The molecule has 0 aliphatic carbocycles. The number of hydrogen-bond acceptors (Lipinski definition) is 9. The molecular formula is C18H13F6N3O5S4. The Morgan fingerprint density at radius 1 is 0.972 bits per heavy atom. The van der Waals surface area contributed by atoms with Crippen molar-refractivity contribution in [2.24, 2.45) is 0 Å². The van der Waals surface area contributed by atoms with Gasteiger partial charge in [0.2, 0.25) is 5.91 Å². The predicted octanol–water partition coefficient (Wildman–Crippen LogP) is 4.48. The Hall–Kier alpha value is -2.57. The molecule has 0 aliphatic rings. The number of halogens is 6. The second-order valence-corrected chi connectivity index (χ2v) is 13.1. The minimum Gasteiger partial charge on any atom is -0.302 e. The highest BCUT2D eigenvalue weighted by molar-refractivity contribution is 7.92. The molecule has 36 heavy (non-hydrogen) atoms. The van der Waals surface area contributed by atoms with Gasteiger partial charge in [0, 0.05) is 5.38 Å². The van der Waals surface area contributed by atoms with Crippen LogP contribution in [0.5, 0.6) is 0 Å². The number of rotatable bonds is 7. The molecule has 1 amide bonds. The second kappa shape index (κ2) is 9.71. The van der Waals surface area contributed by atoms with Crippen molar-refractivity contribution >= 4 is 53.4 Å². The first-order chi connectivity index (χ1) is 16.4. The molecule has 0 saturated heterocycles. The van der Waals surface area contributed by atoms with Crippen molar-refractivity contribution in [3.8, 4) is 10.6 Å². The van der Waals surface area contributed by atoms with E-state index in [0.29, 0.717) is 5.01 Å². The molecule has 0 atom stereocenters. The van der Waals surface area contributed by atoms with Crippen molar-refractivity contribution in [2.45, 2.75) is 35.0 Å². The third-order valence-electron chi connectivity index (χ3n) is 4.37. The molecule has 2 heterocycles. The van der Waals surface area contributed by atoms with Crippen molar-refractivity contribution in [2.75, 3.05) is 5.32 Å². The second-order valence-electron chi connectivity index (χ2n) is 7.07. The molecule has 0 radical (unpaired) electrons. The third kappa shape index (κ3) is 6.04. The van der Waals surface area contributed by atoms with Gasteiger partial charge in [-0.3, -0.25) is 4.79 Å². The van der Waals surface area contributed by atoms with E-state index < -0.39 is 47.2 Å². The number of hydrogen-bond donors (Lipinski definition) is 1. The van der Waals surface area contributed by atoms with E-state index in [4.69, 9.17) is 0 Å². The highest BCUT2D eigenvalue weighted by atomic mass is 32.2. The minimum absolute atomic E-state index is 0.0157. The van der Waals surface area contributed by atoms with Gasteiger partial charge in [0.25, 0.3) is 19.7 Å². The SMILES string of the molecule is Cc1nc(CS(=O)(=O)C(F)(F)F)c(-c2csc(NC(=O)Cc3ccc(S(=O)(=O)C(F)(F)F)cc3)n2)s1. The zero-order valence-electron chi connectivity index (χ0n) is 17.6. The monoisotopic (exact) mass is 593 g/mol. The topological polar surface area (TPSA) is 123 Å². The van der Waals surface area contributed by atoms with Gasteiger partial charge >= 0.3 is 11.0 Å². The summed E-state index contributed by atoms with van der Waals surface area (Å²) in [6.45, 7) is 1.47. The number of sulfone groups is 2. The van der Waals surface area contributed by atoms with Crippen molar-refractivity contribution in [3.05, 3.63) is 45.9 Å². The Morgan fingerprint density at radius 2 is 1.58 bits per heavy atom. The van der Waals surface area contributed by atoms with Gasteiger partial charge in [0.05, 0.1) is 32.6 Å². The van der Waals surface area contributed by atoms with Crippen LogP contribution < -0.4 is 5.32 Å². The molecule has 0 spiro atoms. The Morgan fingerprint density at radius 3 is 2.14 bits per heavy atom. The Labute approximate surface area is 207 Å². The number of thiazole rings is 2. The van der Waals surface area contributed by atoms with E-state index in [2.05, 4.69) is 15.3 Å². The Balaban J connectivity index is 1.72. The van der Waals surface area contributed by atoms with E-state index >= 15 is 0 Å². The van der Waals surface area contributed by atoms with Crippen LogP contribution in [0.4, 0.5) is 31.5 Å². The standard InChI is InChI=1S/C18H13F6N3O5S4/c1-9-25-13(8-35(29,30)17(19,20)21)15(34-9)12-7-33-16(26-12)27-14(28)6-10-2-4-11(5-3-10)36(31,32)18(22,23)24/h2-5,7H,6,8H2,1H3,(H,26,27,28). The van der Waals surface area contributed by atoms with Crippen LogP contribution in [0.15, 0.2) is 34.5 Å². The number of benzene rings is 1. The van der Waals surface area contributed by atoms with E-state index in [1.54, 1.807) is 0 Å². The number of alkyl halides is 6. The fourth-order valence-electron chi connectivity index (χ4n) is 2.73. The van der Waals surface area contributed by atoms with E-state index in [9.17, 15) is 48.0 Å². The van der Waals surface area contributed by atoms with Crippen LogP contribution >= 0.6 is 22.7 Å². The smallest absolute Gasteiger partial charge is 0.302 e. The molecule has 0 fully saturated rings. The highest BCUT2D eigenvalue weighted by Crippen LogP contribution is 2.36. The summed E-state index contributed by atoms with van der Waals surface area (Å²) < 4.78 is 122. The van der Waals surface area contributed by atoms with Crippen LogP contribution in [0.25, 0.3) is 10.6 Å². The largest absolute Gasteiger partial charge is 0.501 e. The summed E-state index contributed by atoms with van der Waals surface area (Å²) in [6.07, 6.45) is -0.351.